The Morgan fingerprint density at radius 1 is 0.722 bits per heavy atom. The van der Waals surface area contributed by atoms with E-state index in [9.17, 15) is 4.79 Å². The monoisotopic (exact) mass is 505 g/mol. The summed E-state index contributed by atoms with van der Waals surface area (Å²) in [7, 11) is 0. The van der Waals surface area contributed by atoms with Gasteiger partial charge in [-0.05, 0) is 18.5 Å². The molecule has 4 nitrogen and oxygen atoms in total. The highest BCUT2D eigenvalue weighted by Crippen LogP contribution is 2.38. The second-order valence-corrected chi connectivity index (χ2v) is 10.5. The van der Waals surface area contributed by atoms with E-state index in [1.165, 1.54) is 82.0 Å². The van der Waals surface area contributed by atoms with E-state index >= 15 is 0 Å². The molecule has 0 atom stereocenters. The van der Waals surface area contributed by atoms with Crippen LogP contribution >= 0.6 is 11.3 Å². The van der Waals surface area contributed by atoms with Crippen molar-refractivity contribution in [2.45, 2.75) is 84.0 Å². The van der Waals surface area contributed by atoms with Crippen LogP contribution < -0.4 is 10.6 Å². The summed E-state index contributed by atoms with van der Waals surface area (Å²) in [6, 6.07) is 20.4. The first-order valence-electron chi connectivity index (χ1n) is 13.9. The summed E-state index contributed by atoms with van der Waals surface area (Å²) in [5.74, 6) is -0.0399. The SMILES string of the molecule is CCCCCCCCCCCCCCNCC(=O)Nc1nc(-c2ccccc2)c(-c2ccccc2)s1. The smallest absolute Gasteiger partial charge is 0.240 e. The maximum atomic E-state index is 12.5. The van der Waals surface area contributed by atoms with E-state index < -0.39 is 0 Å². The van der Waals surface area contributed by atoms with Crippen LogP contribution in [0.3, 0.4) is 0 Å². The van der Waals surface area contributed by atoms with Crippen LogP contribution in [0, 0.1) is 0 Å². The average molecular weight is 506 g/mol. The number of carbonyl (C=O) groups is 1. The fraction of sp³-hybridized carbons (Fsp3) is 0.484. The Morgan fingerprint density at radius 2 is 1.25 bits per heavy atom. The van der Waals surface area contributed by atoms with Gasteiger partial charge in [0.15, 0.2) is 5.13 Å². The van der Waals surface area contributed by atoms with Crippen molar-refractivity contribution in [3.63, 3.8) is 0 Å². The minimum absolute atomic E-state index is 0.0399. The summed E-state index contributed by atoms with van der Waals surface area (Å²) in [6.07, 6.45) is 16.1. The molecule has 0 saturated heterocycles. The molecule has 0 spiro atoms. The molecule has 1 aromatic heterocycles. The van der Waals surface area contributed by atoms with Crippen LogP contribution in [-0.4, -0.2) is 24.0 Å². The van der Waals surface area contributed by atoms with E-state index in [1.54, 1.807) is 0 Å². The lowest BCUT2D eigenvalue weighted by Crippen LogP contribution is -2.28. The van der Waals surface area contributed by atoms with Gasteiger partial charge in [0, 0.05) is 5.56 Å². The van der Waals surface area contributed by atoms with E-state index in [2.05, 4.69) is 41.8 Å². The van der Waals surface area contributed by atoms with Gasteiger partial charge in [-0.15, -0.1) is 0 Å². The Balaban J connectivity index is 1.32. The highest BCUT2D eigenvalue weighted by Gasteiger charge is 2.16. The molecular formula is C31H43N3OS. The first-order valence-corrected chi connectivity index (χ1v) is 14.7. The Morgan fingerprint density at radius 3 is 1.83 bits per heavy atom. The zero-order chi connectivity index (χ0) is 25.3. The summed E-state index contributed by atoms with van der Waals surface area (Å²) in [5, 5.41) is 6.93. The van der Waals surface area contributed by atoms with Gasteiger partial charge in [-0.25, -0.2) is 4.98 Å². The van der Waals surface area contributed by atoms with E-state index in [-0.39, 0.29) is 5.91 Å². The number of aromatic nitrogens is 1. The number of hydrogen-bond acceptors (Lipinski definition) is 4. The molecule has 0 aliphatic heterocycles. The quantitative estimate of drug-likeness (QED) is 0.170. The maximum Gasteiger partial charge on any atom is 0.240 e. The number of unbranched alkanes of at least 4 members (excludes halogenated alkanes) is 11. The highest BCUT2D eigenvalue weighted by atomic mass is 32.1. The third kappa shape index (κ3) is 10.2. The predicted octanol–water partition coefficient (Wildman–Crippen LogP) is 8.71. The van der Waals surface area contributed by atoms with Gasteiger partial charge in [0.25, 0.3) is 0 Å². The van der Waals surface area contributed by atoms with Crippen LogP contribution in [-0.2, 0) is 4.79 Å². The summed E-state index contributed by atoms with van der Waals surface area (Å²) >= 11 is 1.53. The number of carbonyl (C=O) groups excluding carboxylic acids is 1. The first kappa shape index (κ1) is 28.1. The van der Waals surface area contributed by atoms with Crippen molar-refractivity contribution in [3.05, 3.63) is 60.7 Å². The molecule has 3 aromatic rings. The highest BCUT2D eigenvalue weighted by molar-refractivity contribution is 7.19. The molecule has 0 aliphatic carbocycles. The van der Waals surface area contributed by atoms with Crippen molar-refractivity contribution in [1.82, 2.24) is 10.3 Å². The van der Waals surface area contributed by atoms with Gasteiger partial charge in [-0.2, -0.15) is 0 Å². The molecule has 194 valence electrons. The Kier molecular flexibility index (Phi) is 13.3. The van der Waals surface area contributed by atoms with Crippen LogP contribution in [0.4, 0.5) is 5.13 Å². The number of rotatable bonds is 18. The summed E-state index contributed by atoms with van der Waals surface area (Å²) in [4.78, 5) is 18.4. The van der Waals surface area contributed by atoms with E-state index in [1.807, 2.05) is 36.4 Å². The van der Waals surface area contributed by atoms with E-state index in [0.29, 0.717) is 11.7 Å². The summed E-state index contributed by atoms with van der Waals surface area (Å²) in [6.45, 7) is 3.47. The van der Waals surface area contributed by atoms with Crippen LogP contribution in [0.1, 0.15) is 84.0 Å². The minimum atomic E-state index is -0.0399. The van der Waals surface area contributed by atoms with Gasteiger partial charge in [-0.3, -0.25) is 4.79 Å². The molecule has 36 heavy (non-hydrogen) atoms. The largest absolute Gasteiger partial charge is 0.308 e. The molecular weight excluding hydrogens is 462 g/mol. The lowest BCUT2D eigenvalue weighted by molar-refractivity contribution is -0.115. The summed E-state index contributed by atoms with van der Waals surface area (Å²) in [5.41, 5.74) is 3.07. The lowest BCUT2D eigenvalue weighted by Gasteiger charge is -2.05. The number of nitrogens with zero attached hydrogens (tertiary/aromatic N) is 1. The molecule has 3 rings (SSSR count). The molecule has 0 aliphatic rings. The summed E-state index contributed by atoms with van der Waals surface area (Å²) < 4.78 is 0. The molecule has 5 heteroatoms. The van der Waals surface area contributed by atoms with Crippen molar-refractivity contribution >= 4 is 22.4 Å². The fourth-order valence-electron chi connectivity index (χ4n) is 4.41. The topological polar surface area (TPSA) is 54.0 Å². The van der Waals surface area contributed by atoms with Crippen LogP contribution in [0.2, 0.25) is 0 Å². The van der Waals surface area contributed by atoms with Gasteiger partial charge in [0.05, 0.1) is 17.1 Å². The Hall–Kier alpha value is -2.50. The van der Waals surface area contributed by atoms with Gasteiger partial charge in [-0.1, -0.05) is 150 Å². The second-order valence-electron chi connectivity index (χ2n) is 9.54. The molecule has 0 fully saturated rings. The van der Waals surface area contributed by atoms with Gasteiger partial charge in [0.1, 0.15) is 0 Å². The second kappa shape index (κ2) is 17.0. The first-order chi connectivity index (χ1) is 17.8. The Bertz CT molecular complexity index is 931. The Labute approximate surface area is 222 Å². The van der Waals surface area contributed by atoms with Crippen molar-refractivity contribution in [1.29, 1.82) is 0 Å². The number of amides is 1. The zero-order valence-electron chi connectivity index (χ0n) is 21.9. The van der Waals surface area contributed by atoms with Crippen LogP contribution in [0.25, 0.3) is 21.7 Å². The zero-order valence-corrected chi connectivity index (χ0v) is 22.8. The van der Waals surface area contributed by atoms with Gasteiger partial charge >= 0.3 is 0 Å². The van der Waals surface area contributed by atoms with Crippen molar-refractivity contribution in [2.24, 2.45) is 0 Å². The number of hydrogen-bond donors (Lipinski definition) is 2. The van der Waals surface area contributed by atoms with Crippen molar-refractivity contribution in [2.75, 3.05) is 18.4 Å². The van der Waals surface area contributed by atoms with Crippen molar-refractivity contribution in [3.8, 4) is 21.7 Å². The van der Waals surface area contributed by atoms with E-state index in [0.717, 1.165) is 34.7 Å². The number of nitrogens with one attached hydrogen (secondary N) is 2. The predicted molar refractivity (Wildman–Crippen MR) is 156 cm³/mol. The molecule has 0 radical (unpaired) electrons. The fourth-order valence-corrected chi connectivity index (χ4v) is 5.42. The van der Waals surface area contributed by atoms with Crippen LogP contribution in [0.5, 0.6) is 0 Å². The minimum Gasteiger partial charge on any atom is -0.308 e. The van der Waals surface area contributed by atoms with Crippen LogP contribution in [0.15, 0.2) is 60.7 Å². The van der Waals surface area contributed by atoms with Gasteiger partial charge < -0.3 is 10.6 Å². The van der Waals surface area contributed by atoms with Gasteiger partial charge in [0.2, 0.25) is 5.91 Å². The number of benzene rings is 2. The standard InChI is InChI=1S/C31H43N3OS/c1-2-3-4-5-6-7-8-9-10-11-12-19-24-32-25-28(35)33-31-34-29(26-20-15-13-16-21-26)30(36-31)27-22-17-14-18-23-27/h13-18,20-23,32H,2-12,19,24-25H2,1H3,(H,33,34,35). The van der Waals surface area contributed by atoms with E-state index in [4.69, 9.17) is 4.98 Å². The number of thiazole rings is 1. The number of anilines is 1. The average Bonchev–Trinajstić information content (AvgIpc) is 3.33. The molecule has 0 bridgehead atoms. The lowest BCUT2D eigenvalue weighted by atomic mass is 10.1. The van der Waals surface area contributed by atoms with Crippen molar-refractivity contribution < 1.29 is 4.79 Å². The third-order valence-electron chi connectivity index (χ3n) is 6.45. The molecule has 1 amide bonds. The third-order valence-corrected chi connectivity index (χ3v) is 7.47. The molecule has 2 aromatic carbocycles. The molecule has 0 unspecified atom stereocenters. The normalized spacial score (nSPS) is 11.0. The molecule has 2 N–H and O–H groups in total. The molecule has 1 heterocycles. The maximum absolute atomic E-state index is 12.5. The molecule has 0 saturated carbocycles.